The zero-order valence-corrected chi connectivity index (χ0v) is 15.1. The minimum absolute atomic E-state index is 0.0583. The van der Waals surface area contributed by atoms with Crippen LogP contribution < -0.4 is 5.32 Å². The third-order valence-corrected chi connectivity index (χ3v) is 4.22. The smallest absolute Gasteiger partial charge is 0.345 e. The quantitative estimate of drug-likeness (QED) is 0.685. The van der Waals surface area contributed by atoms with Crippen LogP contribution in [0.1, 0.15) is 44.6 Å². The van der Waals surface area contributed by atoms with Crippen molar-refractivity contribution in [3.63, 3.8) is 0 Å². The Labute approximate surface area is 158 Å². The molecule has 0 fully saturated rings. The Hall–Kier alpha value is -3.29. The van der Waals surface area contributed by atoms with E-state index >= 15 is 0 Å². The Morgan fingerprint density at radius 3 is 2.50 bits per heavy atom. The van der Waals surface area contributed by atoms with Crippen LogP contribution in [0.2, 0.25) is 0 Å². The van der Waals surface area contributed by atoms with Gasteiger partial charge in [-0.15, -0.1) is 0 Å². The summed E-state index contributed by atoms with van der Waals surface area (Å²) in [6, 6.07) is 8.74. The van der Waals surface area contributed by atoms with E-state index in [1.807, 2.05) is 0 Å². The number of aromatic nitrogens is 2. The van der Waals surface area contributed by atoms with E-state index in [0.717, 1.165) is 6.07 Å². The Bertz CT molecular complexity index is 1060. The second-order valence-electron chi connectivity index (χ2n) is 6.30. The predicted molar refractivity (Wildman–Crippen MR) is 96.9 cm³/mol. The van der Waals surface area contributed by atoms with Gasteiger partial charge < -0.3 is 5.32 Å². The summed E-state index contributed by atoms with van der Waals surface area (Å²) < 4.78 is 40.6. The largest absolute Gasteiger partial charge is 0.418 e. The molecular formula is C20H16F3N3O2. The molecule has 0 radical (unpaired) electrons. The van der Waals surface area contributed by atoms with Crippen molar-refractivity contribution in [2.45, 2.75) is 26.6 Å². The monoisotopic (exact) mass is 387 g/mol. The van der Waals surface area contributed by atoms with E-state index in [2.05, 4.69) is 15.3 Å². The van der Waals surface area contributed by atoms with Gasteiger partial charge in [0.25, 0.3) is 5.91 Å². The van der Waals surface area contributed by atoms with E-state index in [1.165, 1.54) is 19.1 Å². The van der Waals surface area contributed by atoms with Gasteiger partial charge in [0.2, 0.25) is 0 Å². The number of amides is 1. The molecule has 0 unspecified atom stereocenters. The van der Waals surface area contributed by atoms with Crippen LogP contribution in [0.5, 0.6) is 0 Å². The van der Waals surface area contributed by atoms with Gasteiger partial charge in [0.05, 0.1) is 23.3 Å². The number of nitrogens with one attached hydrogen (secondary N) is 1. The lowest BCUT2D eigenvalue weighted by molar-refractivity contribution is -0.136. The highest BCUT2D eigenvalue weighted by Crippen LogP contribution is 2.36. The molecule has 2 heterocycles. The van der Waals surface area contributed by atoms with E-state index in [0.29, 0.717) is 11.3 Å². The molecule has 1 amide bonds. The molecule has 3 aromatic rings. The summed E-state index contributed by atoms with van der Waals surface area (Å²) in [6.07, 6.45) is -3.14. The number of alkyl halides is 3. The van der Waals surface area contributed by atoms with Crippen LogP contribution in [0.4, 0.5) is 13.2 Å². The molecule has 8 heteroatoms. The summed E-state index contributed by atoms with van der Waals surface area (Å²) in [5.41, 5.74) is -0.575. The minimum atomic E-state index is -4.72. The van der Waals surface area contributed by atoms with Crippen molar-refractivity contribution in [2.75, 3.05) is 0 Å². The van der Waals surface area contributed by atoms with Gasteiger partial charge in [0.1, 0.15) is 5.69 Å². The van der Waals surface area contributed by atoms with E-state index in [4.69, 9.17) is 0 Å². The van der Waals surface area contributed by atoms with Gasteiger partial charge in [-0.3, -0.25) is 14.6 Å². The van der Waals surface area contributed by atoms with E-state index in [9.17, 15) is 22.8 Å². The number of carbonyl (C=O) groups is 2. The topological polar surface area (TPSA) is 72.0 Å². The van der Waals surface area contributed by atoms with Gasteiger partial charge in [0.15, 0.2) is 5.78 Å². The Morgan fingerprint density at radius 1 is 1.14 bits per heavy atom. The third kappa shape index (κ3) is 4.00. The molecule has 1 N–H and O–H groups in total. The van der Waals surface area contributed by atoms with Gasteiger partial charge >= 0.3 is 6.18 Å². The summed E-state index contributed by atoms with van der Waals surface area (Å²) in [5, 5.41) is 2.78. The number of pyridine rings is 2. The molecule has 144 valence electrons. The van der Waals surface area contributed by atoms with Crippen molar-refractivity contribution >= 4 is 22.6 Å². The Balaban J connectivity index is 2.04. The number of ketones is 1. The summed E-state index contributed by atoms with van der Waals surface area (Å²) in [5.74, 6) is -1.09. The van der Waals surface area contributed by atoms with E-state index in [-0.39, 0.29) is 28.7 Å². The molecule has 0 aliphatic rings. The summed E-state index contributed by atoms with van der Waals surface area (Å²) >= 11 is 0. The van der Waals surface area contributed by atoms with Crippen LogP contribution in [0.25, 0.3) is 10.9 Å². The number of rotatable bonds is 4. The fraction of sp³-hybridized carbons (Fsp3) is 0.200. The molecule has 0 saturated carbocycles. The average molecular weight is 387 g/mol. The number of aryl methyl sites for hydroxylation is 1. The third-order valence-electron chi connectivity index (χ3n) is 4.22. The number of benzene rings is 1. The maximum Gasteiger partial charge on any atom is 0.418 e. The zero-order valence-electron chi connectivity index (χ0n) is 15.1. The highest BCUT2D eigenvalue weighted by Gasteiger charge is 2.34. The number of hydrogen-bond donors (Lipinski definition) is 1. The number of carbonyl (C=O) groups excluding carboxylic acids is 2. The highest BCUT2D eigenvalue weighted by atomic mass is 19.4. The minimum Gasteiger partial charge on any atom is -0.345 e. The van der Waals surface area contributed by atoms with Gasteiger partial charge in [-0.2, -0.15) is 13.2 Å². The number of Topliss-reactive ketones (excluding diaryl/α,β-unsaturated/α-hetero) is 1. The van der Waals surface area contributed by atoms with Crippen molar-refractivity contribution in [1.29, 1.82) is 0 Å². The first kappa shape index (κ1) is 19.5. The molecule has 5 nitrogen and oxygen atoms in total. The Kier molecular flexibility index (Phi) is 5.13. The number of nitrogens with zero attached hydrogens (tertiary/aromatic N) is 2. The lowest BCUT2D eigenvalue weighted by atomic mass is 9.99. The van der Waals surface area contributed by atoms with Crippen molar-refractivity contribution in [3.8, 4) is 0 Å². The normalized spacial score (nSPS) is 11.5. The molecule has 28 heavy (non-hydrogen) atoms. The van der Waals surface area contributed by atoms with Gasteiger partial charge in [-0.1, -0.05) is 6.07 Å². The van der Waals surface area contributed by atoms with E-state index in [1.54, 1.807) is 31.3 Å². The standard InChI is InChI=1S/C20H16F3N3O2/c1-11-7-17(19(28)25-10-14-5-3-4-6-24-14)26-18-15(11)8-13(12(2)27)9-16(18)20(21,22)23/h3-9H,10H2,1-2H3,(H,25,28). The SMILES string of the molecule is CC(=O)c1cc(C(F)(F)F)c2nc(C(=O)NCc3ccccn3)cc(C)c2c1. The molecule has 0 spiro atoms. The molecule has 0 saturated heterocycles. The number of halogens is 3. The summed E-state index contributed by atoms with van der Waals surface area (Å²) in [6.45, 7) is 2.89. The van der Waals surface area contributed by atoms with Crippen LogP contribution in [0, 0.1) is 6.92 Å². The lowest BCUT2D eigenvalue weighted by Crippen LogP contribution is -2.24. The first-order valence-corrected chi connectivity index (χ1v) is 8.38. The fourth-order valence-corrected chi connectivity index (χ4v) is 2.79. The van der Waals surface area contributed by atoms with Crippen molar-refractivity contribution < 1.29 is 22.8 Å². The van der Waals surface area contributed by atoms with Gasteiger partial charge in [0, 0.05) is 17.1 Å². The molecule has 1 aromatic carbocycles. The molecule has 0 atom stereocenters. The van der Waals surface area contributed by atoms with Gasteiger partial charge in [-0.05, 0) is 49.7 Å². The summed E-state index contributed by atoms with van der Waals surface area (Å²) in [7, 11) is 0. The first-order chi connectivity index (χ1) is 13.2. The van der Waals surface area contributed by atoms with Crippen LogP contribution in [-0.4, -0.2) is 21.7 Å². The summed E-state index contributed by atoms with van der Waals surface area (Å²) in [4.78, 5) is 32.1. The number of fused-ring (bicyclic) bond motifs is 1. The molecule has 0 aliphatic heterocycles. The van der Waals surface area contributed by atoms with Crippen LogP contribution in [-0.2, 0) is 12.7 Å². The molecule has 0 bridgehead atoms. The first-order valence-electron chi connectivity index (χ1n) is 8.38. The lowest BCUT2D eigenvalue weighted by Gasteiger charge is -2.14. The second-order valence-corrected chi connectivity index (χ2v) is 6.30. The number of hydrogen-bond acceptors (Lipinski definition) is 4. The van der Waals surface area contributed by atoms with E-state index < -0.39 is 23.4 Å². The van der Waals surface area contributed by atoms with Crippen LogP contribution in [0.15, 0.2) is 42.6 Å². The fourth-order valence-electron chi connectivity index (χ4n) is 2.79. The average Bonchev–Trinajstić information content (AvgIpc) is 2.65. The van der Waals surface area contributed by atoms with Crippen LogP contribution in [0.3, 0.4) is 0 Å². The molecular weight excluding hydrogens is 371 g/mol. The van der Waals surface area contributed by atoms with Gasteiger partial charge in [-0.25, -0.2) is 4.98 Å². The second kappa shape index (κ2) is 7.38. The van der Waals surface area contributed by atoms with Crippen LogP contribution >= 0.6 is 0 Å². The van der Waals surface area contributed by atoms with Crippen molar-refractivity contribution in [2.24, 2.45) is 0 Å². The van der Waals surface area contributed by atoms with Crippen molar-refractivity contribution in [3.05, 3.63) is 70.7 Å². The predicted octanol–water partition coefficient (Wildman–Crippen LogP) is 4.09. The van der Waals surface area contributed by atoms with Crippen molar-refractivity contribution in [1.82, 2.24) is 15.3 Å². The zero-order chi connectivity index (χ0) is 20.5. The molecule has 2 aromatic heterocycles. The molecule has 0 aliphatic carbocycles. The Morgan fingerprint density at radius 2 is 1.89 bits per heavy atom. The highest BCUT2D eigenvalue weighted by molar-refractivity contribution is 6.01. The maximum atomic E-state index is 13.5. The maximum absolute atomic E-state index is 13.5. The molecule has 3 rings (SSSR count).